The van der Waals surface area contributed by atoms with Gasteiger partial charge in [-0.05, 0) is 18.4 Å². The molecule has 0 aliphatic rings. The first-order valence-electron chi connectivity index (χ1n) is 3.62. The lowest BCUT2D eigenvalue weighted by molar-refractivity contribution is 0.655. The van der Waals surface area contributed by atoms with E-state index in [1.807, 2.05) is 6.92 Å². The Hall–Kier alpha value is -0.590. The van der Waals surface area contributed by atoms with Crippen molar-refractivity contribution in [1.82, 2.24) is 0 Å². The van der Waals surface area contributed by atoms with E-state index < -0.39 is 0 Å². The molecule has 10 heavy (non-hydrogen) atoms. The van der Waals surface area contributed by atoms with E-state index in [0.29, 0.717) is 5.92 Å². The van der Waals surface area contributed by atoms with Crippen LogP contribution in [0.1, 0.15) is 27.2 Å². The van der Waals surface area contributed by atoms with Crippen molar-refractivity contribution >= 4 is 0 Å². The Kier molecular flexibility index (Phi) is 4.01. The molecule has 0 saturated heterocycles. The number of rotatable bonds is 3. The maximum atomic E-state index is 12.2. The highest BCUT2D eigenvalue weighted by Gasteiger charge is 1.99. The SMILES string of the molecule is C=C(F)/C=C(\CC)C(C)C. The Balaban J connectivity index is 4.18. The van der Waals surface area contributed by atoms with Crippen LogP contribution >= 0.6 is 0 Å². The first kappa shape index (κ1) is 9.41. The van der Waals surface area contributed by atoms with E-state index in [1.54, 1.807) is 0 Å². The first-order valence-corrected chi connectivity index (χ1v) is 3.62. The summed E-state index contributed by atoms with van der Waals surface area (Å²) in [7, 11) is 0. The molecule has 0 spiro atoms. The van der Waals surface area contributed by atoms with Crippen molar-refractivity contribution < 1.29 is 4.39 Å². The van der Waals surface area contributed by atoms with E-state index in [9.17, 15) is 4.39 Å². The van der Waals surface area contributed by atoms with Gasteiger partial charge in [-0.25, -0.2) is 4.39 Å². The summed E-state index contributed by atoms with van der Waals surface area (Å²) in [6.45, 7) is 9.31. The molecule has 0 fully saturated rings. The third kappa shape index (κ3) is 3.44. The van der Waals surface area contributed by atoms with E-state index in [-0.39, 0.29) is 5.83 Å². The number of hydrogen-bond donors (Lipinski definition) is 0. The predicted molar refractivity (Wildman–Crippen MR) is 43.5 cm³/mol. The molecule has 1 heteroatoms. The van der Waals surface area contributed by atoms with Crippen molar-refractivity contribution in [3.63, 3.8) is 0 Å². The predicted octanol–water partition coefficient (Wildman–Crippen LogP) is 3.46. The van der Waals surface area contributed by atoms with Gasteiger partial charge >= 0.3 is 0 Å². The van der Waals surface area contributed by atoms with Gasteiger partial charge in [0.25, 0.3) is 0 Å². The molecule has 0 atom stereocenters. The zero-order chi connectivity index (χ0) is 8.15. The molecule has 0 aliphatic carbocycles. The van der Waals surface area contributed by atoms with Gasteiger partial charge in [-0.2, -0.15) is 0 Å². The quantitative estimate of drug-likeness (QED) is 0.529. The molecule has 0 amide bonds. The average Bonchev–Trinajstić information content (AvgIpc) is 1.81. The van der Waals surface area contributed by atoms with Crippen LogP contribution in [0.4, 0.5) is 4.39 Å². The number of halogens is 1. The monoisotopic (exact) mass is 142 g/mol. The highest BCUT2D eigenvalue weighted by Crippen LogP contribution is 2.15. The van der Waals surface area contributed by atoms with Crippen molar-refractivity contribution in [3.8, 4) is 0 Å². The number of hydrogen-bond acceptors (Lipinski definition) is 0. The average molecular weight is 142 g/mol. The van der Waals surface area contributed by atoms with Gasteiger partial charge in [0.15, 0.2) is 0 Å². The summed E-state index contributed by atoms with van der Waals surface area (Å²) in [5.74, 6) is 0.0862. The lowest BCUT2D eigenvalue weighted by Gasteiger charge is -2.06. The second-order valence-corrected chi connectivity index (χ2v) is 2.67. The molecule has 0 saturated carbocycles. The van der Waals surface area contributed by atoms with Crippen LogP contribution in [0.15, 0.2) is 24.1 Å². The van der Waals surface area contributed by atoms with Gasteiger partial charge in [-0.15, -0.1) is 0 Å². The molecule has 0 unspecified atom stereocenters. The summed E-state index contributed by atoms with van der Waals surface area (Å²) in [6, 6.07) is 0. The van der Waals surface area contributed by atoms with Crippen LogP contribution in [0.5, 0.6) is 0 Å². The molecule has 0 aromatic rings. The lowest BCUT2D eigenvalue weighted by atomic mass is 10.0. The van der Waals surface area contributed by atoms with Gasteiger partial charge in [0, 0.05) is 0 Å². The Bertz CT molecular complexity index is 143. The topological polar surface area (TPSA) is 0 Å². The molecule has 58 valence electrons. The van der Waals surface area contributed by atoms with Crippen LogP contribution in [-0.4, -0.2) is 0 Å². The van der Waals surface area contributed by atoms with Crippen molar-refractivity contribution in [2.24, 2.45) is 5.92 Å². The fourth-order valence-corrected chi connectivity index (χ4v) is 0.878. The van der Waals surface area contributed by atoms with E-state index >= 15 is 0 Å². The normalized spacial score (nSPS) is 12.3. The van der Waals surface area contributed by atoms with E-state index in [1.165, 1.54) is 6.08 Å². The molecule has 0 aliphatic heterocycles. The third-order valence-electron chi connectivity index (χ3n) is 1.49. The van der Waals surface area contributed by atoms with Crippen LogP contribution in [-0.2, 0) is 0 Å². The van der Waals surface area contributed by atoms with Gasteiger partial charge in [0.05, 0.1) is 0 Å². The summed E-state index contributed by atoms with van der Waals surface area (Å²) < 4.78 is 12.2. The highest BCUT2D eigenvalue weighted by molar-refractivity contribution is 5.16. The van der Waals surface area contributed by atoms with E-state index in [2.05, 4.69) is 20.4 Å². The van der Waals surface area contributed by atoms with Crippen molar-refractivity contribution in [2.45, 2.75) is 27.2 Å². The van der Waals surface area contributed by atoms with Gasteiger partial charge in [0.2, 0.25) is 0 Å². The zero-order valence-corrected chi connectivity index (χ0v) is 6.95. The number of allylic oxidation sites excluding steroid dienone is 3. The second-order valence-electron chi connectivity index (χ2n) is 2.67. The highest BCUT2D eigenvalue weighted by atomic mass is 19.1. The molecule has 0 N–H and O–H groups in total. The van der Waals surface area contributed by atoms with Gasteiger partial charge in [-0.3, -0.25) is 0 Å². The van der Waals surface area contributed by atoms with Crippen LogP contribution in [0.2, 0.25) is 0 Å². The van der Waals surface area contributed by atoms with Crippen LogP contribution in [0.3, 0.4) is 0 Å². The van der Waals surface area contributed by atoms with Crippen molar-refractivity contribution in [1.29, 1.82) is 0 Å². The summed E-state index contributed by atoms with van der Waals surface area (Å²) in [5, 5.41) is 0. The maximum Gasteiger partial charge on any atom is 0.116 e. The molecule has 0 bridgehead atoms. The smallest absolute Gasteiger partial charge is 0.116 e. The molecule has 0 rings (SSSR count). The van der Waals surface area contributed by atoms with Crippen LogP contribution in [0, 0.1) is 5.92 Å². The molecule has 0 aromatic carbocycles. The Morgan fingerprint density at radius 2 is 2.10 bits per heavy atom. The Morgan fingerprint density at radius 1 is 1.60 bits per heavy atom. The minimum Gasteiger partial charge on any atom is -0.208 e. The Morgan fingerprint density at radius 3 is 2.20 bits per heavy atom. The van der Waals surface area contributed by atoms with Gasteiger partial charge < -0.3 is 0 Å². The zero-order valence-electron chi connectivity index (χ0n) is 6.95. The molecule has 0 aromatic heterocycles. The van der Waals surface area contributed by atoms with Crippen LogP contribution in [0.25, 0.3) is 0 Å². The van der Waals surface area contributed by atoms with Crippen LogP contribution < -0.4 is 0 Å². The molecular formula is C9H15F. The fraction of sp³-hybridized carbons (Fsp3) is 0.556. The first-order chi connectivity index (χ1) is 4.57. The second kappa shape index (κ2) is 4.26. The fourth-order valence-electron chi connectivity index (χ4n) is 0.878. The molecule has 0 radical (unpaired) electrons. The van der Waals surface area contributed by atoms with E-state index in [0.717, 1.165) is 12.0 Å². The standard InChI is InChI=1S/C9H15F/c1-5-9(7(2)3)6-8(4)10/h6-7H,4-5H2,1-3H3/b9-6+. The van der Waals surface area contributed by atoms with E-state index in [4.69, 9.17) is 0 Å². The summed E-state index contributed by atoms with van der Waals surface area (Å²) >= 11 is 0. The minimum atomic E-state index is -0.342. The maximum absolute atomic E-state index is 12.2. The molecular weight excluding hydrogens is 127 g/mol. The lowest BCUT2D eigenvalue weighted by Crippen LogP contribution is -1.91. The van der Waals surface area contributed by atoms with Gasteiger partial charge in [0.1, 0.15) is 5.83 Å². The van der Waals surface area contributed by atoms with Gasteiger partial charge in [-0.1, -0.05) is 32.9 Å². The minimum absolute atomic E-state index is 0.342. The third-order valence-corrected chi connectivity index (χ3v) is 1.49. The summed E-state index contributed by atoms with van der Waals surface area (Å²) in [4.78, 5) is 0. The molecule has 0 nitrogen and oxygen atoms in total. The van der Waals surface area contributed by atoms with Crippen molar-refractivity contribution in [2.75, 3.05) is 0 Å². The summed E-state index contributed by atoms with van der Waals surface area (Å²) in [6.07, 6.45) is 2.42. The van der Waals surface area contributed by atoms with Crippen molar-refractivity contribution in [3.05, 3.63) is 24.1 Å². The molecule has 0 heterocycles. The largest absolute Gasteiger partial charge is 0.208 e. The summed E-state index contributed by atoms with van der Waals surface area (Å²) in [5.41, 5.74) is 1.12. The Labute approximate surface area is 62.4 Å².